The number of aromatic nitrogens is 3. The minimum Gasteiger partial charge on any atom is -0.393 e. The van der Waals surface area contributed by atoms with Crippen LogP contribution in [-0.4, -0.2) is 15.1 Å². The minimum atomic E-state index is 0.458. The number of nitrogens with one attached hydrogen (secondary N) is 1. The van der Waals surface area contributed by atoms with Gasteiger partial charge in [0.25, 0.3) is 0 Å². The van der Waals surface area contributed by atoms with Gasteiger partial charge in [-0.25, -0.2) is 9.97 Å². The van der Waals surface area contributed by atoms with Crippen LogP contribution in [0, 0.1) is 6.92 Å². The van der Waals surface area contributed by atoms with Gasteiger partial charge in [0, 0.05) is 19.2 Å². The molecule has 0 saturated heterocycles. The van der Waals surface area contributed by atoms with Gasteiger partial charge >= 0.3 is 0 Å². The summed E-state index contributed by atoms with van der Waals surface area (Å²) in [5, 5.41) is 7.05. The summed E-state index contributed by atoms with van der Waals surface area (Å²) in [5.74, 6) is 2.41. The Kier molecular flexibility index (Phi) is 5.38. The lowest BCUT2D eigenvalue weighted by atomic mass is 10.1. The van der Waals surface area contributed by atoms with E-state index in [4.69, 9.17) is 10.3 Å². The van der Waals surface area contributed by atoms with Crippen LogP contribution in [-0.2, 0) is 13.1 Å². The molecule has 0 atom stereocenters. The maximum Gasteiger partial charge on any atom is 0.175 e. The Labute approximate surface area is 169 Å². The molecule has 0 unspecified atom stereocenters. The van der Waals surface area contributed by atoms with Gasteiger partial charge in [-0.05, 0) is 18.1 Å². The molecule has 0 bridgehead atoms. The summed E-state index contributed by atoms with van der Waals surface area (Å²) >= 11 is 0. The summed E-state index contributed by atoms with van der Waals surface area (Å²) in [5.41, 5.74) is 9.26. The van der Waals surface area contributed by atoms with Crippen LogP contribution in [0.25, 0.3) is 0 Å². The topological polar surface area (TPSA) is 93.1 Å². The molecular weight excluding hydrogens is 364 g/mol. The van der Waals surface area contributed by atoms with E-state index in [1.807, 2.05) is 43.3 Å². The van der Waals surface area contributed by atoms with Crippen molar-refractivity contribution in [3.63, 3.8) is 0 Å². The van der Waals surface area contributed by atoms with Gasteiger partial charge in [0.2, 0.25) is 0 Å². The second kappa shape index (κ2) is 8.43. The number of aryl methyl sites for hydroxylation is 1. The highest BCUT2D eigenvalue weighted by atomic mass is 16.5. The summed E-state index contributed by atoms with van der Waals surface area (Å²) < 4.78 is 5.11. The fourth-order valence-corrected chi connectivity index (χ4v) is 3.10. The van der Waals surface area contributed by atoms with E-state index in [1.165, 1.54) is 17.5 Å². The molecule has 7 nitrogen and oxygen atoms in total. The Morgan fingerprint density at radius 1 is 0.931 bits per heavy atom. The predicted octanol–water partition coefficient (Wildman–Crippen LogP) is 4.31. The van der Waals surface area contributed by atoms with Crippen LogP contribution in [0.2, 0.25) is 0 Å². The largest absolute Gasteiger partial charge is 0.393 e. The molecule has 0 aliphatic rings. The quantitative estimate of drug-likeness (QED) is 0.489. The molecule has 0 amide bonds. The molecule has 2 aromatic carbocycles. The summed E-state index contributed by atoms with van der Waals surface area (Å²) in [7, 11) is 0. The Morgan fingerprint density at radius 2 is 1.55 bits per heavy atom. The minimum absolute atomic E-state index is 0.458. The van der Waals surface area contributed by atoms with E-state index in [-0.39, 0.29) is 0 Å². The van der Waals surface area contributed by atoms with Crippen molar-refractivity contribution in [1.82, 2.24) is 15.1 Å². The normalized spacial score (nSPS) is 10.7. The van der Waals surface area contributed by atoms with E-state index in [0.717, 1.165) is 0 Å². The SMILES string of the molecule is Cc1cc(Nc2ncnc(N(Cc3ccccc3)Cc3ccccc3)c2N)no1. The van der Waals surface area contributed by atoms with Crippen molar-refractivity contribution in [2.45, 2.75) is 20.0 Å². The number of benzene rings is 2. The molecule has 7 heteroatoms. The average molecular weight is 386 g/mol. The zero-order valence-electron chi connectivity index (χ0n) is 16.1. The average Bonchev–Trinajstić information content (AvgIpc) is 3.15. The summed E-state index contributed by atoms with van der Waals surface area (Å²) in [6.07, 6.45) is 1.50. The molecule has 4 rings (SSSR count). The van der Waals surface area contributed by atoms with Gasteiger partial charge in [0.15, 0.2) is 17.5 Å². The van der Waals surface area contributed by atoms with E-state index < -0.39 is 0 Å². The van der Waals surface area contributed by atoms with Crippen molar-refractivity contribution in [3.05, 3.63) is 89.9 Å². The first-order chi connectivity index (χ1) is 14.2. The molecule has 0 saturated carbocycles. The highest BCUT2D eigenvalue weighted by Crippen LogP contribution is 2.30. The number of nitrogens with two attached hydrogens (primary N) is 1. The Bertz CT molecular complexity index is 1020. The number of nitrogens with zero attached hydrogens (tertiary/aromatic N) is 4. The molecule has 2 heterocycles. The zero-order valence-corrected chi connectivity index (χ0v) is 16.1. The molecule has 3 N–H and O–H groups in total. The van der Waals surface area contributed by atoms with E-state index in [2.05, 4.69) is 49.6 Å². The van der Waals surface area contributed by atoms with Gasteiger partial charge in [0.05, 0.1) is 0 Å². The van der Waals surface area contributed by atoms with Crippen LogP contribution in [0.3, 0.4) is 0 Å². The van der Waals surface area contributed by atoms with Crippen LogP contribution in [0.1, 0.15) is 16.9 Å². The molecule has 4 aromatic rings. The number of hydrogen-bond acceptors (Lipinski definition) is 7. The van der Waals surface area contributed by atoms with Crippen LogP contribution in [0.5, 0.6) is 0 Å². The molecule has 146 valence electrons. The Hall–Kier alpha value is -3.87. The molecular formula is C22H22N6O. The number of anilines is 4. The maximum atomic E-state index is 6.46. The number of rotatable bonds is 7. The fourth-order valence-electron chi connectivity index (χ4n) is 3.10. The molecule has 0 aliphatic heterocycles. The van der Waals surface area contributed by atoms with Crippen LogP contribution < -0.4 is 16.0 Å². The zero-order chi connectivity index (χ0) is 20.1. The third-order valence-corrected chi connectivity index (χ3v) is 4.47. The van der Waals surface area contributed by atoms with Gasteiger partial charge in [-0.3, -0.25) is 0 Å². The van der Waals surface area contributed by atoms with Crippen molar-refractivity contribution >= 4 is 23.1 Å². The molecule has 0 aliphatic carbocycles. The molecule has 0 fully saturated rings. The van der Waals surface area contributed by atoms with E-state index in [9.17, 15) is 0 Å². The maximum absolute atomic E-state index is 6.46. The van der Waals surface area contributed by atoms with Gasteiger partial charge in [-0.2, -0.15) is 0 Å². The van der Waals surface area contributed by atoms with Crippen LogP contribution in [0.4, 0.5) is 23.1 Å². The molecule has 0 radical (unpaired) electrons. The standard InChI is InChI=1S/C22H22N6O/c1-16-12-19(27-29-16)26-21-20(23)22(25-15-24-21)28(13-17-8-4-2-5-9-17)14-18-10-6-3-7-11-18/h2-12,15H,13-14,23H2,1H3,(H,24,25,26,27). The lowest BCUT2D eigenvalue weighted by molar-refractivity contribution is 0.400. The van der Waals surface area contributed by atoms with Gasteiger partial charge in [-0.15, -0.1) is 0 Å². The van der Waals surface area contributed by atoms with E-state index >= 15 is 0 Å². The van der Waals surface area contributed by atoms with Crippen molar-refractivity contribution in [2.75, 3.05) is 16.0 Å². The van der Waals surface area contributed by atoms with Gasteiger partial charge in [0.1, 0.15) is 17.8 Å². The first kappa shape index (κ1) is 18.5. The van der Waals surface area contributed by atoms with Gasteiger partial charge in [-0.1, -0.05) is 65.8 Å². The van der Waals surface area contributed by atoms with Crippen molar-refractivity contribution < 1.29 is 4.52 Å². The molecule has 29 heavy (non-hydrogen) atoms. The Morgan fingerprint density at radius 3 is 2.10 bits per heavy atom. The number of hydrogen-bond donors (Lipinski definition) is 2. The van der Waals surface area contributed by atoms with Crippen molar-refractivity contribution in [3.8, 4) is 0 Å². The lowest BCUT2D eigenvalue weighted by Crippen LogP contribution is -2.24. The van der Waals surface area contributed by atoms with E-state index in [0.29, 0.717) is 42.0 Å². The van der Waals surface area contributed by atoms with Crippen molar-refractivity contribution in [2.24, 2.45) is 0 Å². The monoisotopic (exact) mass is 386 g/mol. The van der Waals surface area contributed by atoms with Crippen molar-refractivity contribution in [1.29, 1.82) is 0 Å². The van der Waals surface area contributed by atoms with Gasteiger partial charge < -0.3 is 20.5 Å². The second-order valence-electron chi connectivity index (χ2n) is 6.73. The highest BCUT2D eigenvalue weighted by Gasteiger charge is 2.17. The van der Waals surface area contributed by atoms with Crippen LogP contribution >= 0.6 is 0 Å². The third kappa shape index (κ3) is 4.52. The smallest absolute Gasteiger partial charge is 0.175 e. The highest BCUT2D eigenvalue weighted by molar-refractivity contribution is 5.77. The second-order valence-corrected chi connectivity index (χ2v) is 6.73. The summed E-state index contributed by atoms with van der Waals surface area (Å²) in [6.45, 7) is 3.16. The van der Waals surface area contributed by atoms with Crippen LogP contribution in [0.15, 0.2) is 77.6 Å². The molecule has 2 aromatic heterocycles. The Balaban J connectivity index is 1.66. The van der Waals surface area contributed by atoms with E-state index in [1.54, 1.807) is 6.07 Å². The summed E-state index contributed by atoms with van der Waals surface area (Å²) in [6, 6.07) is 22.3. The first-order valence-electron chi connectivity index (χ1n) is 9.32. The first-order valence-corrected chi connectivity index (χ1v) is 9.32. The molecule has 0 spiro atoms. The lowest BCUT2D eigenvalue weighted by Gasteiger charge is -2.26. The summed E-state index contributed by atoms with van der Waals surface area (Å²) in [4.78, 5) is 10.9. The third-order valence-electron chi connectivity index (χ3n) is 4.47. The number of nitrogen functional groups attached to an aromatic ring is 1. The fraction of sp³-hybridized carbons (Fsp3) is 0.136. The predicted molar refractivity (Wildman–Crippen MR) is 114 cm³/mol.